The molecule has 0 radical (unpaired) electrons. The molecule has 0 aliphatic heterocycles. The standard InChI is InChI=1S/C22H43NO/c1-3-5-6-7-8-9-10-11-12-13-14-15-16-17-18-19-20-23(4-2)21-22-24/h8-9,11-12,24H,3-7,10,13-22H2,1-2H3/b9-8-,12-11-. The molecule has 0 saturated carbocycles. The molecule has 0 aromatic carbocycles. The fraction of sp³-hybridized carbons (Fsp3) is 0.818. The maximum absolute atomic E-state index is 8.95. The van der Waals surface area contributed by atoms with E-state index in [1.165, 1.54) is 70.6 Å². The summed E-state index contributed by atoms with van der Waals surface area (Å²) in [5.41, 5.74) is 0. The molecule has 0 aliphatic rings. The number of nitrogens with zero attached hydrogens (tertiary/aromatic N) is 1. The Hall–Kier alpha value is -0.600. The molecule has 0 aromatic heterocycles. The molecule has 0 aromatic rings. The van der Waals surface area contributed by atoms with Gasteiger partial charge in [0.2, 0.25) is 0 Å². The molecular weight excluding hydrogens is 294 g/mol. The van der Waals surface area contributed by atoms with Crippen LogP contribution in [0.4, 0.5) is 0 Å². The maximum atomic E-state index is 8.95. The van der Waals surface area contributed by atoms with E-state index in [-0.39, 0.29) is 6.61 Å². The molecule has 0 unspecified atom stereocenters. The van der Waals surface area contributed by atoms with Gasteiger partial charge in [-0.3, -0.25) is 0 Å². The third-order valence-corrected chi connectivity index (χ3v) is 4.54. The summed E-state index contributed by atoms with van der Waals surface area (Å²) in [5, 5.41) is 8.95. The zero-order chi connectivity index (χ0) is 17.7. The fourth-order valence-electron chi connectivity index (χ4n) is 2.89. The van der Waals surface area contributed by atoms with Crippen molar-refractivity contribution in [3.63, 3.8) is 0 Å². The van der Waals surface area contributed by atoms with Crippen LogP contribution in [-0.4, -0.2) is 36.2 Å². The van der Waals surface area contributed by atoms with Crippen LogP contribution in [0.1, 0.15) is 90.9 Å². The predicted molar refractivity (Wildman–Crippen MR) is 109 cm³/mol. The van der Waals surface area contributed by atoms with Crippen LogP contribution in [0.2, 0.25) is 0 Å². The van der Waals surface area contributed by atoms with Crippen molar-refractivity contribution in [1.82, 2.24) is 4.90 Å². The summed E-state index contributed by atoms with van der Waals surface area (Å²) in [4.78, 5) is 2.34. The molecule has 0 heterocycles. The molecule has 0 rings (SSSR count). The minimum Gasteiger partial charge on any atom is -0.395 e. The summed E-state index contributed by atoms with van der Waals surface area (Å²) in [6.45, 7) is 7.75. The van der Waals surface area contributed by atoms with Crippen LogP contribution in [0.3, 0.4) is 0 Å². The quantitative estimate of drug-likeness (QED) is 0.241. The lowest BCUT2D eigenvalue weighted by atomic mass is 10.1. The van der Waals surface area contributed by atoms with Crippen molar-refractivity contribution in [3.8, 4) is 0 Å². The third-order valence-electron chi connectivity index (χ3n) is 4.54. The lowest BCUT2D eigenvalue weighted by molar-refractivity contribution is 0.199. The monoisotopic (exact) mass is 337 g/mol. The Morgan fingerprint density at radius 3 is 1.83 bits per heavy atom. The number of hydrogen-bond acceptors (Lipinski definition) is 2. The van der Waals surface area contributed by atoms with Crippen molar-refractivity contribution in [3.05, 3.63) is 24.3 Å². The molecule has 0 aliphatic carbocycles. The molecule has 0 fully saturated rings. The van der Waals surface area contributed by atoms with Gasteiger partial charge in [-0.25, -0.2) is 0 Å². The first-order valence-electron chi connectivity index (χ1n) is 10.5. The molecule has 0 amide bonds. The number of aliphatic hydroxyl groups excluding tert-OH is 1. The van der Waals surface area contributed by atoms with Crippen molar-refractivity contribution in [2.24, 2.45) is 0 Å². The maximum Gasteiger partial charge on any atom is 0.0558 e. The normalized spacial score (nSPS) is 12.2. The van der Waals surface area contributed by atoms with E-state index in [1.807, 2.05) is 0 Å². The highest BCUT2D eigenvalue weighted by atomic mass is 16.3. The van der Waals surface area contributed by atoms with E-state index < -0.39 is 0 Å². The van der Waals surface area contributed by atoms with Gasteiger partial charge in [0.05, 0.1) is 6.61 Å². The van der Waals surface area contributed by atoms with Crippen LogP contribution >= 0.6 is 0 Å². The topological polar surface area (TPSA) is 23.5 Å². The van der Waals surface area contributed by atoms with Crippen molar-refractivity contribution < 1.29 is 5.11 Å². The average molecular weight is 338 g/mol. The Morgan fingerprint density at radius 2 is 1.25 bits per heavy atom. The minimum atomic E-state index is 0.288. The van der Waals surface area contributed by atoms with Gasteiger partial charge in [0.25, 0.3) is 0 Å². The number of allylic oxidation sites excluding steroid dienone is 4. The van der Waals surface area contributed by atoms with Crippen LogP contribution in [-0.2, 0) is 0 Å². The van der Waals surface area contributed by atoms with E-state index in [0.29, 0.717) is 0 Å². The Labute approximate surface area is 152 Å². The van der Waals surface area contributed by atoms with E-state index in [4.69, 9.17) is 5.11 Å². The molecule has 1 N–H and O–H groups in total. The highest BCUT2D eigenvalue weighted by Gasteiger charge is 2.00. The number of likely N-dealkylation sites (N-methyl/N-ethyl adjacent to an activating group) is 1. The molecule has 0 spiro atoms. The molecule has 142 valence electrons. The first-order valence-corrected chi connectivity index (χ1v) is 10.5. The molecule has 2 heteroatoms. The molecule has 0 saturated heterocycles. The Bertz CT molecular complexity index is 286. The van der Waals surface area contributed by atoms with E-state index in [1.54, 1.807) is 0 Å². The van der Waals surface area contributed by atoms with Gasteiger partial charge < -0.3 is 10.0 Å². The molecular formula is C22H43NO. The molecule has 2 nitrogen and oxygen atoms in total. The Kier molecular flexibility index (Phi) is 19.9. The van der Waals surface area contributed by atoms with Gasteiger partial charge in [-0.2, -0.15) is 0 Å². The smallest absolute Gasteiger partial charge is 0.0558 e. The second kappa shape index (κ2) is 20.4. The molecule has 0 atom stereocenters. The van der Waals surface area contributed by atoms with Crippen molar-refractivity contribution >= 4 is 0 Å². The highest BCUT2D eigenvalue weighted by molar-refractivity contribution is 4.92. The summed E-state index contributed by atoms with van der Waals surface area (Å²) in [5.74, 6) is 0. The van der Waals surface area contributed by atoms with Gasteiger partial charge in [0.1, 0.15) is 0 Å². The van der Waals surface area contributed by atoms with Gasteiger partial charge >= 0.3 is 0 Å². The SMILES string of the molecule is CCCCC/C=C\C/C=C\CCCCCCCCN(CC)CCO. The van der Waals surface area contributed by atoms with Gasteiger partial charge in [-0.1, -0.05) is 76.7 Å². The first-order chi connectivity index (χ1) is 11.8. The van der Waals surface area contributed by atoms with Crippen LogP contribution in [0.25, 0.3) is 0 Å². The molecule has 24 heavy (non-hydrogen) atoms. The number of unbranched alkanes of at least 4 members (excludes halogenated alkanes) is 9. The first kappa shape index (κ1) is 23.4. The van der Waals surface area contributed by atoms with Crippen LogP contribution < -0.4 is 0 Å². The number of hydrogen-bond donors (Lipinski definition) is 1. The Balaban J connectivity index is 3.25. The highest BCUT2D eigenvalue weighted by Crippen LogP contribution is 2.08. The second-order valence-corrected chi connectivity index (χ2v) is 6.74. The van der Waals surface area contributed by atoms with Crippen LogP contribution in [0, 0.1) is 0 Å². The van der Waals surface area contributed by atoms with E-state index >= 15 is 0 Å². The van der Waals surface area contributed by atoms with Crippen molar-refractivity contribution in [2.45, 2.75) is 90.9 Å². The zero-order valence-electron chi connectivity index (χ0n) is 16.5. The summed E-state index contributed by atoms with van der Waals surface area (Å²) in [6.07, 6.45) is 25.0. The summed E-state index contributed by atoms with van der Waals surface area (Å²) < 4.78 is 0. The lowest BCUT2D eigenvalue weighted by Crippen LogP contribution is -2.27. The van der Waals surface area contributed by atoms with Gasteiger partial charge in [-0.05, 0) is 51.6 Å². The zero-order valence-corrected chi connectivity index (χ0v) is 16.5. The summed E-state index contributed by atoms with van der Waals surface area (Å²) in [7, 11) is 0. The van der Waals surface area contributed by atoms with E-state index in [2.05, 4.69) is 43.1 Å². The molecule has 0 bridgehead atoms. The minimum absolute atomic E-state index is 0.288. The van der Waals surface area contributed by atoms with Gasteiger partial charge in [0, 0.05) is 6.54 Å². The van der Waals surface area contributed by atoms with Gasteiger partial charge in [-0.15, -0.1) is 0 Å². The average Bonchev–Trinajstić information content (AvgIpc) is 2.60. The van der Waals surface area contributed by atoms with E-state index in [0.717, 1.165) is 26.1 Å². The van der Waals surface area contributed by atoms with E-state index in [9.17, 15) is 0 Å². The number of rotatable bonds is 18. The lowest BCUT2D eigenvalue weighted by Gasteiger charge is -2.18. The van der Waals surface area contributed by atoms with Gasteiger partial charge in [0.15, 0.2) is 0 Å². The Morgan fingerprint density at radius 1 is 0.667 bits per heavy atom. The largest absolute Gasteiger partial charge is 0.395 e. The summed E-state index contributed by atoms with van der Waals surface area (Å²) in [6, 6.07) is 0. The fourth-order valence-corrected chi connectivity index (χ4v) is 2.89. The number of aliphatic hydroxyl groups is 1. The van der Waals surface area contributed by atoms with Crippen LogP contribution in [0.5, 0.6) is 0 Å². The third kappa shape index (κ3) is 17.7. The van der Waals surface area contributed by atoms with Crippen LogP contribution in [0.15, 0.2) is 24.3 Å². The summed E-state index contributed by atoms with van der Waals surface area (Å²) >= 11 is 0. The predicted octanol–water partition coefficient (Wildman–Crippen LogP) is 6.11. The van der Waals surface area contributed by atoms with Crippen molar-refractivity contribution in [2.75, 3.05) is 26.2 Å². The second-order valence-electron chi connectivity index (χ2n) is 6.74. The van der Waals surface area contributed by atoms with Crippen molar-refractivity contribution in [1.29, 1.82) is 0 Å².